The second-order valence-electron chi connectivity index (χ2n) is 4.63. The Bertz CT molecular complexity index is 395. The van der Waals surface area contributed by atoms with Crippen molar-refractivity contribution >= 4 is 23.2 Å². The minimum absolute atomic E-state index is 0.00287. The Hall–Kier alpha value is -1.43. The van der Waals surface area contributed by atoms with E-state index < -0.39 is 11.7 Å². The maximum Gasteiger partial charge on any atom is 0.410 e. The molecule has 0 aliphatic heterocycles. The van der Waals surface area contributed by atoms with Crippen molar-refractivity contribution in [2.45, 2.75) is 26.4 Å². The normalized spacial score (nSPS) is 11.1. The van der Waals surface area contributed by atoms with Gasteiger partial charge in [-0.2, -0.15) is 0 Å². The molecule has 1 heterocycles. The van der Waals surface area contributed by atoms with E-state index in [-0.39, 0.29) is 12.3 Å². The number of ketones is 1. The van der Waals surface area contributed by atoms with Crippen LogP contribution in [0.5, 0.6) is 0 Å². The molecule has 5 nitrogen and oxygen atoms in total. The van der Waals surface area contributed by atoms with Gasteiger partial charge in [0, 0.05) is 13.2 Å². The number of hydrogen-bond acceptors (Lipinski definition) is 5. The van der Waals surface area contributed by atoms with Crippen molar-refractivity contribution in [3.63, 3.8) is 0 Å². The zero-order chi connectivity index (χ0) is 13.1. The van der Waals surface area contributed by atoms with Crippen LogP contribution in [0.4, 0.5) is 4.79 Å². The van der Waals surface area contributed by atoms with Gasteiger partial charge in [0.15, 0.2) is 5.78 Å². The quantitative estimate of drug-likeness (QED) is 0.778. The number of carbonyl (C=O) groups is 2. The number of ether oxygens (including phenoxy) is 1. The Kier molecular flexibility index (Phi) is 4.22. The smallest absolute Gasteiger partial charge is 0.410 e. The van der Waals surface area contributed by atoms with Crippen LogP contribution in [0, 0.1) is 0 Å². The number of hydrogen-bond donors (Lipinski definition) is 0. The van der Waals surface area contributed by atoms with Crippen LogP contribution in [-0.4, -0.2) is 41.0 Å². The highest BCUT2D eigenvalue weighted by atomic mass is 32.1. The van der Waals surface area contributed by atoms with Crippen molar-refractivity contribution in [1.82, 2.24) is 9.88 Å². The molecule has 1 rings (SSSR count). The van der Waals surface area contributed by atoms with Crippen molar-refractivity contribution in [2.75, 3.05) is 13.6 Å². The molecule has 0 N–H and O–H groups in total. The molecule has 0 bridgehead atoms. The predicted octanol–water partition coefficient (Wildman–Crippen LogP) is 2.19. The fourth-order valence-corrected chi connectivity index (χ4v) is 1.60. The number of rotatable bonds is 3. The third-order valence-corrected chi connectivity index (χ3v) is 2.61. The molecule has 1 aromatic heterocycles. The molecule has 6 heteroatoms. The molecule has 0 radical (unpaired) electrons. The van der Waals surface area contributed by atoms with Crippen LogP contribution in [0.3, 0.4) is 0 Å². The Morgan fingerprint density at radius 2 is 2.12 bits per heavy atom. The molecule has 1 aromatic rings. The standard InChI is InChI=1S/C11H16N2O3S/c1-11(2,3)16-10(15)13(4)6-8(14)9-5-12-7-17-9/h5,7H,6H2,1-4H3. The fraction of sp³-hybridized carbons (Fsp3) is 0.545. The third kappa shape index (κ3) is 4.52. The van der Waals surface area contributed by atoms with Gasteiger partial charge in [0.1, 0.15) is 5.60 Å². The number of likely N-dealkylation sites (N-methyl/N-ethyl adjacent to an activating group) is 1. The molecular weight excluding hydrogens is 240 g/mol. The number of amides is 1. The Morgan fingerprint density at radius 1 is 1.47 bits per heavy atom. The van der Waals surface area contributed by atoms with E-state index in [1.165, 1.54) is 29.5 Å². The van der Waals surface area contributed by atoms with Gasteiger partial charge < -0.3 is 9.64 Å². The van der Waals surface area contributed by atoms with Crippen LogP contribution < -0.4 is 0 Å². The van der Waals surface area contributed by atoms with Gasteiger partial charge >= 0.3 is 6.09 Å². The number of nitrogens with zero attached hydrogens (tertiary/aromatic N) is 2. The zero-order valence-corrected chi connectivity index (χ0v) is 11.2. The summed E-state index contributed by atoms with van der Waals surface area (Å²) in [4.78, 5) is 28.9. The number of aromatic nitrogens is 1. The lowest BCUT2D eigenvalue weighted by atomic mass is 10.2. The molecule has 1 amide bonds. The predicted molar refractivity (Wildman–Crippen MR) is 65.3 cm³/mol. The average Bonchev–Trinajstić information content (AvgIpc) is 2.67. The number of thiazole rings is 1. The van der Waals surface area contributed by atoms with Gasteiger partial charge in [-0.25, -0.2) is 4.79 Å². The highest BCUT2D eigenvalue weighted by molar-refractivity contribution is 7.11. The average molecular weight is 256 g/mol. The summed E-state index contributed by atoms with van der Waals surface area (Å²) >= 11 is 1.26. The highest BCUT2D eigenvalue weighted by Gasteiger charge is 2.21. The lowest BCUT2D eigenvalue weighted by Gasteiger charge is -2.24. The van der Waals surface area contributed by atoms with Gasteiger partial charge in [-0.15, -0.1) is 11.3 Å². The summed E-state index contributed by atoms with van der Waals surface area (Å²) in [5.41, 5.74) is 1.03. The van der Waals surface area contributed by atoms with E-state index in [0.717, 1.165) is 0 Å². The third-order valence-electron chi connectivity index (χ3n) is 1.79. The molecule has 0 saturated carbocycles. The summed E-state index contributed by atoms with van der Waals surface area (Å²) in [5.74, 6) is -0.138. The van der Waals surface area contributed by atoms with Crippen LogP contribution in [0.1, 0.15) is 30.4 Å². The molecule has 17 heavy (non-hydrogen) atoms. The minimum atomic E-state index is -0.557. The van der Waals surface area contributed by atoms with Crippen LogP contribution in [0.25, 0.3) is 0 Å². The van der Waals surface area contributed by atoms with Crippen LogP contribution in [0.15, 0.2) is 11.7 Å². The summed E-state index contributed by atoms with van der Waals surface area (Å²) in [5, 5.41) is 0. The molecule has 0 atom stereocenters. The summed E-state index contributed by atoms with van der Waals surface area (Å²) in [6, 6.07) is 0. The van der Waals surface area contributed by atoms with Gasteiger partial charge in [0.2, 0.25) is 0 Å². The maximum atomic E-state index is 11.7. The maximum absolute atomic E-state index is 11.7. The summed E-state index contributed by atoms with van der Waals surface area (Å²) in [7, 11) is 1.53. The largest absolute Gasteiger partial charge is 0.444 e. The Labute approximate surface area is 104 Å². The van der Waals surface area contributed by atoms with E-state index in [4.69, 9.17) is 4.74 Å². The van der Waals surface area contributed by atoms with E-state index in [0.29, 0.717) is 4.88 Å². The van der Waals surface area contributed by atoms with Crippen molar-refractivity contribution in [2.24, 2.45) is 0 Å². The zero-order valence-electron chi connectivity index (χ0n) is 10.4. The molecule has 0 spiro atoms. The van der Waals surface area contributed by atoms with E-state index in [2.05, 4.69) is 4.98 Å². The first kappa shape index (κ1) is 13.6. The molecule has 0 fully saturated rings. The van der Waals surface area contributed by atoms with Crippen molar-refractivity contribution in [3.8, 4) is 0 Å². The number of carbonyl (C=O) groups excluding carboxylic acids is 2. The van der Waals surface area contributed by atoms with Gasteiger partial charge in [0.25, 0.3) is 0 Å². The van der Waals surface area contributed by atoms with E-state index in [9.17, 15) is 9.59 Å². The molecular formula is C11H16N2O3S. The Morgan fingerprint density at radius 3 is 2.59 bits per heavy atom. The minimum Gasteiger partial charge on any atom is -0.444 e. The van der Waals surface area contributed by atoms with Crippen molar-refractivity contribution in [1.29, 1.82) is 0 Å². The highest BCUT2D eigenvalue weighted by Crippen LogP contribution is 2.11. The summed E-state index contributed by atoms with van der Waals surface area (Å²) < 4.78 is 5.14. The van der Waals surface area contributed by atoms with Crippen molar-refractivity contribution < 1.29 is 14.3 Å². The molecule has 0 saturated heterocycles. The van der Waals surface area contributed by atoms with Crippen LogP contribution in [0.2, 0.25) is 0 Å². The first-order valence-corrected chi connectivity index (χ1v) is 6.03. The fourth-order valence-electron chi connectivity index (χ4n) is 1.05. The monoisotopic (exact) mass is 256 g/mol. The van der Waals surface area contributed by atoms with Gasteiger partial charge in [-0.3, -0.25) is 9.78 Å². The van der Waals surface area contributed by atoms with Crippen LogP contribution >= 0.6 is 11.3 Å². The molecule has 0 aliphatic rings. The SMILES string of the molecule is CN(CC(=O)c1cncs1)C(=O)OC(C)(C)C. The van der Waals surface area contributed by atoms with E-state index in [1.54, 1.807) is 26.3 Å². The molecule has 0 aromatic carbocycles. The molecule has 0 aliphatic carbocycles. The van der Waals surface area contributed by atoms with E-state index >= 15 is 0 Å². The van der Waals surface area contributed by atoms with Gasteiger partial charge in [-0.1, -0.05) is 0 Å². The Balaban J connectivity index is 2.52. The lowest BCUT2D eigenvalue weighted by molar-refractivity contribution is 0.0295. The topological polar surface area (TPSA) is 59.5 Å². The van der Waals surface area contributed by atoms with Gasteiger partial charge in [-0.05, 0) is 20.8 Å². The lowest BCUT2D eigenvalue weighted by Crippen LogP contribution is -2.37. The summed E-state index contributed by atoms with van der Waals surface area (Å²) in [6.07, 6.45) is 0.992. The van der Waals surface area contributed by atoms with Gasteiger partial charge in [0.05, 0.1) is 16.9 Å². The first-order valence-electron chi connectivity index (χ1n) is 5.15. The van der Waals surface area contributed by atoms with Crippen molar-refractivity contribution in [3.05, 3.63) is 16.6 Å². The molecule has 94 valence electrons. The molecule has 0 unspecified atom stereocenters. The first-order chi connectivity index (χ1) is 7.79. The van der Waals surface area contributed by atoms with E-state index in [1.807, 2.05) is 0 Å². The van der Waals surface area contributed by atoms with Crippen LogP contribution in [-0.2, 0) is 4.74 Å². The second kappa shape index (κ2) is 5.27. The summed E-state index contributed by atoms with van der Waals surface area (Å²) in [6.45, 7) is 5.34. The second-order valence-corrected chi connectivity index (χ2v) is 5.51. The number of Topliss-reactive ketones (excluding diaryl/α,β-unsaturated/α-hetero) is 1.